The molecule has 0 bridgehead atoms. The minimum Gasteiger partial charge on any atom is -0.305 e. The Labute approximate surface area is 56.4 Å². The summed E-state index contributed by atoms with van der Waals surface area (Å²) in [6, 6.07) is 0.579. The van der Waals surface area contributed by atoms with Crippen LogP contribution < -0.4 is 5.84 Å². The summed E-state index contributed by atoms with van der Waals surface area (Å²) in [4.78, 5) is 2.30. The van der Waals surface area contributed by atoms with Crippen LogP contribution >= 0.6 is 0 Å². The zero-order valence-corrected chi connectivity index (χ0v) is 6.17. The second-order valence-electron chi connectivity index (χ2n) is 2.87. The van der Waals surface area contributed by atoms with Crippen LogP contribution in [0, 0.1) is 0 Å². The Morgan fingerprint density at radius 1 is 1.67 bits per heavy atom. The lowest BCUT2D eigenvalue weighted by molar-refractivity contribution is 0.248. The van der Waals surface area contributed by atoms with E-state index in [9.17, 15) is 0 Å². The van der Waals surface area contributed by atoms with Gasteiger partial charge >= 0.3 is 0 Å². The van der Waals surface area contributed by atoms with Gasteiger partial charge in [-0.25, -0.2) is 5.01 Å². The third-order valence-corrected chi connectivity index (χ3v) is 1.94. The van der Waals surface area contributed by atoms with Crippen molar-refractivity contribution in [1.82, 2.24) is 9.91 Å². The Bertz CT molecular complexity index is 92.3. The van der Waals surface area contributed by atoms with E-state index in [-0.39, 0.29) is 0 Å². The van der Waals surface area contributed by atoms with Gasteiger partial charge in [-0.3, -0.25) is 5.84 Å². The summed E-state index contributed by atoms with van der Waals surface area (Å²) in [6.45, 7) is 2.30. The molecule has 0 aromatic heterocycles. The number of likely N-dealkylation sites (tertiary alicyclic amines) is 1. The largest absolute Gasteiger partial charge is 0.305 e. The Balaban J connectivity index is 2.30. The lowest BCUT2D eigenvalue weighted by Crippen LogP contribution is -2.38. The van der Waals surface area contributed by atoms with Crippen molar-refractivity contribution in [1.29, 1.82) is 0 Å². The van der Waals surface area contributed by atoms with Crippen LogP contribution in [0.5, 0.6) is 0 Å². The average molecular weight is 129 g/mol. The summed E-state index contributed by atoms with van der Waals surface area (Å²) in [5, 5.41) is 1.81. The number of nitrogens with zero attached hydrogens (tertiary/aromatic N) is 2. The molecule has 0 spiro atoms. The van der Waals surface area contributed by atoms with Crippen molar-refractivity contribution < 1.29 is 0 Å². The maximum absolute atomic E-state index is 5.57. The fourth-order valence-corrected chi connectivity index (χ4v) is 1.24. The molecule has 9 heavy (non-hydrogen) atoms. The van der Waals surface area contributed by atoms with Crippen LogP contribution in [0.3, 0.4) is 0 Å². The second-order valence-corrected chi connectivity index (χ2v) is 2.87. The third kappa shape index (κ3) is 1.64. The fourth-order valence-electron chi connectivity index (χ4n) is 1.24. The number of hydrogen-bond donors (Lipinski definition) is 1. The van der Waals surface area contributed by atoms with Crippen molar-refractivity contribution >= 4 is 0 Å². The van der Waals surface area contributed by atoms with Crippen molar-refractivity contribution in [2.24, 2.45) is 5.84 Å². The maximum Gasteiger partial charge on any atom is 0.0377 e. The van der Waals surface area contributed by atoms with Gasteiger partial charge in [0, 0.05) is 19.6 Å². The summed E-state index contributed by atoms with van der Waals surface area (Å²) in [5.74, 6) is 5.57. The smallest absolute Gasteiger partial charge is 0.0377 e. The molecule has 0 aliphatic carbocycles. The van der Waals surface area contributed by atoms with Crippen LogP contribution in [0.1, 0.15) is 6.42 Å². The molecule has 1 fully saturated rings. The first-order valence-electron chi connectivity index (χ1n) is 3.36. The van der Waals surface area contributed by atoms with E-state index in [0.29, 0.717) is 6.04 Å². The molecule has 1 aliphatic heterocycles. The maximum atomic E-state index is 5.57. The summed E-state index contributed by atoms with van der Waals surface area (Å²) in [6.07, 6.45) is 1.21. The van der Waals surface area contributed by atoms with Crippen LogP contribution in [0.2, 0.25) is 0 Å². The van der Waals surface area contributed by atoms with Gasteiger partial charge in [0.05, 0.1) is 0 Å². The molecule has 0 radical (unpaired) electrons. The first kappa shape index (κ1) is 6.99. The van der Waals surface area contributed by atoms with Crippen molar-refractivity contribution in [3.05, 3.63) is 0 Å². The Morgan fingerprint density at radius 2 is 2.33 bits per heavy atom. The lowest BCUT2D eigenvalue weighted by Gasteiger charge is -2.17. The quantitative estimate of drug-likeness (QED) is 0.382. The van der Waals surface area contributed by atoms with Gasteiger partial charge in [-0.2, -0.15) is 0 Å². The molecule has 1 heterocycles. The summed E-state index contributed by atoms with van der Waals surface area (Å²) < 4.78 is 0. The van der Waals surface area contributed by atoms with Crippen molar-refractivity contribution in [2.45, 2.75) is 12.5 Å². The number of rotatable bonds is 1. The van der Waals surface area contributed by atoms with Crippen LogP contribution in [0.15, 0.2) is 0 Å². The van der Waals surface area contributed by atoms with Gasteiger partial charge in [0.2, 0.25) is 0 Å². The zero-order chi connectivity index (χ0) is 6.85. The lowest BCUT2D eigenvalue weighted by atomic mass is 10.3. The predicted octanol–water partition coefficient (Wildman–Crippen LogP) is -0.504. The molecule has 1 aliphatic rings. The van der Waals surface area contributed by atoms with Gasteiger partial charge < -0.3 is 4.90 Å². The van der Waals surface area contributed by atoms with Crippen LogP contribution in [0.25, 0.3) is 0 Å². The number of hydrazine groups is 1. The molecule has 0 amide bonds. The Morgan fingerprint density at radius 3 is 2.56 bits per heavy atom. The van der Waals surface area contributed by atoms with Crippen molar-refractivity contribution in [3.63, 3.8) is 0 Å². The standard InChI is InChI=1S/C6H15N3/c1-8-4-3-6(5-8)9(2)7/h6H,3-5,7H2,1-2H3/t6-/m1/s1. The molecule has 0 aromatic carbocycles. The first-order valence-corrected chi connectivity index (χ1v) is 3.36. The van der Waals surface area contributed by atoms with E-state index >= 15 is 0 Å². The molecule has 0 unspecified atom stereocenters. The van der Waals surface area contributed by atoms with Gasteiger partial charge in [-0.05, 0) is 20.0 Å². The van der Waals surface area contributed by atoms with Gasteiger partial charge in [0.25, 0.3) is 0 Å². The first-order chi connectivity index (χ1) is 4.20. The predicted molar refractivity (Wildman–Crippen MR) is 37.9 cm³/mol. The molecule has 2 N–H and O–H groups in total. The highest BCUT2D eigenvalue weighted by atomic mass is 15.4. The molecular weight excluding hydrogens is 114 g/mol. The average Bonchev–Trinajstić information content (AvgIpc) is 2.14. The molecule has 54 valence electrons. The Kier molecular flexibility index (Phi) is 2.05. The summed E-state index contributed by atoms with van der Waals surface area (Å²) in [5.41, 5.74) is 0. The monoisotopic (exact) mass is 129 g/mol. The summed E-state index contributed by atoms with van der Waals surface area (Å²) in [7, 11) is 4.06. The molecule has 0 saturated carbocycles. The van der Waals surface area contributed by atoms with E-state index in [1.165, 1.54) is 13.0 Å². The molecule has 1 rings (SSSR count). The molecule has 1 saturated heterocycles. The highest BCUT2D eigenvalue weighted by Crippen LogP contribution is 2.08. The van der Waals surface area contributed by atoms with E-state index in [0.717, 1.165) is 6.54 Å². The zero-order valence-electron chi connectivity index (χ0n) is 6.17. The van der Waals surface area contributed by atoms with Gasteiger partial charge in [-0.15, -0.1) is 0 Å². The van der Waals surface area contributed by atoms with Crippen molar-refractivity contribution in [2.75, 3.05) is 27.2 Å². The van der Waals surface area contributed by atoms with E-state index in [2.05, 4.69) is 11.9 Å². The number of likely N-dealkylation sites (N-methyl/N-ethyl adjacent to an activating group) is 2. The van der Waals surface area contributed by atoms with E-state index in [4.69, 9.17) is 5.84 Å². The van der Waals surface area contributed by atoms with E-state index in [1.54, 1.807) is 0 Å². The van der Waals surface area contributed by atoms with Crippen molar-refractivity contribution in [3.8, 4) is 0 Å². The molecule has 0 aromatic rings. The minimum absolute atomic E-state index is 0.579. The SMILES string of the molecule is CN1CC[C@@H](N(C)N)C1. The molecule has 3 heteroatoms. The van der Waals surface area contributed by atoms with E-state index < -0.39 is 0 Å². The minimum atomic E-state index is 0.579. The van der Waals surface area contributed by atoms with Gasteiger partial charge in [0.15, 0.2) is 0 Å². The van der Waals surface area contributed by atoms with E-state index in [1.807, 2.05) is 12.1 Å². The van der Waals surface area contributed by atoms with Crippen LogP contribution in [0.4, 0.5) is 0 Å². The topological polar surface area (TPSA) is 32.5 Å². The molecule has 1 atom stereocenters. The highest BCUT2D eigenvalue weighted by molar-refractivity contribution is 4.77. The Hall–Kier alpha value is -0.120. The van der Waals surface area contributed by atoms with Gasteiger partial charge in [0.1, 0.15) is 0 Å². The fraction of sp³-hybridized carbons (Fsp3) is 1.00. The highest BCUT2D eigenvalue weighted by Gasteiger charge is 2.20. The van der Waals surface area contributed by atoms with Gasteiger partial charge in [-0.1, -0.05) is 0 Å². The number of nitrogens with two attached hydrogens (primary N) is 1. The molecular formula is C6H15N3. The number of hydrogen-bond acceptors (Lipinski definition) is 3. The second kappa shape index (κ2) is 2.64. The summed E-state index contributed by atoms with van der Waals surface area (Å²) >= 11 is 0. The normalized spacial score (nSPS) is 30.0. The van der Waals surface area contributed by atoms with Crippen LogP contribution in [-0.2, 0) is 0 Å². The third-order valence-electron chi connectivity index (χ3n) is 1.94. The molecule has 3 nitrogen and oxygen atoms in total. The van der Waals surface area contributed by atoms with Crippen LogP contribution in [-0.4, -0.2) is 43.1 Å².